The Hall–Kier alpha value is -3.71. The van der Waals surface area contributed by atoms with Gasteiger partial charge in [-0.2, -0.15) is 0 Å². The predicted molar refractivity (Wildman–Crippen MR) is 149 cm³/mol. The van der Waals surface area contributed by atoms with E-state index in [0.29, 0.717) is 23.9 Å². The van der Waals surface area contributed by atoms with Crippen LogP contribution in [0.2, 0.25) is 0 Å². The summed E-state index contributed by atoms with van der Waals surface area (Å²) in [7, 11) is 5.28. The summed E-state index contributed by atoms with van der Waals surface area (Å²) < 4.78 is 17.2. The SMILES string of the molecule is COC1=CC2=C(OC3=CCC(NC(=O)C(CC(C)C)N(C)Cc4ccccc4)C=C3)C=CNC2C=C1OC. The van der Waals surface area contributed by atoms with Crippen molar-refractivity contribution in [1.29, 1.82) is 0 Å². The molecular weight excluding hydrogens is 478 g/mol. The molecule has 1 aromatic carbocycles. The van der Waals surface area contributed by atoms with Gasteiger partial charge in [-0.1, -0.05) is 50.3 Å². The number of fused-ring (bicyclic) bond motifs is 1. The van der Waals surface area contributed by atoms with E-state index in [0.717, 1.165) is 30.1 Å². The molecule has 0 saturated heterocycles. The molecule has 1 heterocycles. The van der Waals surface area contributed by atoms with Crippen LogP contribution >= 0.6 is 0 Å². The van der Waals surface area contributed by atoms with Gasteiger partial charge in [0.05, 0.1) is 32.3 Å². The standard InChI is InChI=1S/C31H39N3O4/c1-21(2)17-27(34(3)20-22-9-7-6-8-10-22)31(35)33-23-11-13-24(14-12-23)38-28-15-16-32-26-19-30(37-5)29(36-4)18-25(26)28/h6-11,13-16,18-19,21,23,26-27,32H,12,17,20H2,1-5H3,(H,33,35). The Morgan fingerprint density at radius 3 is 2.55 bits per heavy atom. The van der Waals surface area contributed by atoms with Crippen LogP contribution in [0, 0.1) is 5.92 Å². The number of benzene rings is 1. The molecule has 7 heteroatoms. The Morgan fingerprint density at radius 2 is 1.89 bits per heavy atom. The van der Waals surface area contributed by atoms with Crippen LogP contribution in [0.5, 0.6) is 0 Å². The number of methoxy groups -OCH3 is 2. The smallest absolute Gasteiger partial charge is 0.237 e. The summed E-state index contributed by atoms with van der Waals surface area (Å²) in [4.78, 5) is 15.5. The van der Waals surface area contributed by atoms with Crippen molar-refractivity contribution in [2.45, 2.75) is 51.4 Å². The van der Waals surface area contributed by atoms with Crippen LogP contribution < -0.4 is 10.6 Å². The first kappa shape index (κ1) is 27.3. The van der Waals surface area contributed by atoms with Crippen LogP contribution in [-0.2, 0) is 25.5 Å². The quantitative estimate of drug-likeness (QED) is 0.444. The van der Waals surface area contributed by atoms with Crippen molar-refractivity contribution in [3.05, 3.63) is 107 Å². The molecule has 3 unspecified atom stereocenters. The second-order valence-corrected chi connectivity index (χ2v) is 10.2. The van der Waals surface area contributed by atoms with E-state index in [4.69, 9.17) is 14.2 Å². The average Bonchev–Trinajstić information content (AvgIpc) is 2.92. The molecule has 0 radical (unpaired) electrons. The molecule has 7 nitrogen and oxygen atoms in total. The topological polar surface area (TPSA) is 72.1 Å². The zero-order valence-corrected chi connectivity index (χ0v) is 22.9. The van der Waals surface area contributed by atoms with Gasteiger partial charge in [-0.25, -0.2) is 0 Å². The summed E-state index contributed by atoms with van der Waals surface area (Å²) in [6.07, 6.45) is 15.1. The van der Waals surface area contributed by atoms with Crippen LogP contribution in [0.15, 0.2) is 102 Å². The summed E-state index contributed by atoms with van der Waals surface area (Å²) in [5.74, 6) is 3.29. The van der Waals surface area contributed by atoms with Gasteiger partial charge in [-0.3, -0.25) is 9.69 Å². The first-order valence-electron chi connectivity index (χ1n) is 13.2. The highest BCUT2D eigenvalue weighted by molar-refractivity contribution is 5.82. The number of rotatable bonds is 11. The minimum atomic E-state index is -0.202. The fourth-order valence-corrected chi connectivity index (χ4v) is 4.84. The van der Waals surface area contributed by atoms with Gasteiger partial charge >= 0.3 is 0 Å². The molecule has 4 rings (SSSR count). The van der Waals surface area contributed by atoms with E-state index in [1.807, 2.05) is 67.9 Å². The van der Waals surface area contributed by atoms with E-state index in [2.05, 4.69) is 41.5 Å². The maximum atomic E-state index is 13.3. The van der Waals surface area contributed by atoms with Crippen LogP contribution in [0.25, 0.3) is 0 Å². The molecule has 1 aromatic rings. The number of nitrogens with zero attached hydrogens (tertiary/aromatic N) is 1. The Balaban J connectivity index is 1.38. The van der Waals surface area contributed by atoms with Crippen LogP contribution in [0.4, 0.5) is 0 Å². The maximum absolute atomic E-state index is 13.3. The highest BCUT2D eigenvalue weighted by Gasteiger charge is 2.28. The van der Waals surface area contributed by atoms with Crippen molar-refractivity contribution in [2.24, 2.45) is 5.92 Å². The molecule has 38 heavy (non-hydrogen) atoms. The number of hydrogen-bond donors (Lipinski definition) is 2. The average molecular weight is 518 g/mol. The fraction of sp³-hybridized carbons (Fsp3) is 0.387. The number of ether oxygens (including phenoxy) is 3. The zero-order valence-electron chi connectivity index (χ0n) is 22.9. The molecule has 1 aliphatic heterocycles. The number of carbonyl (C=O) groups is 1. The van der Waals surface area contributed by atoms with Gasteiger partial charge < -0.3 is 24.8 Å². The van der Waals surface area contributed by atoms with Gasteiger partial charge in [0.25, 0.3) is 0 Å². The first-order chi connectivity index (χ1) is 18.4. The molecule has 1 amide bonds. The summed E-state index contributed by atoms with van der Waals surface area (Å²) in [5.41, 5.74) is 2.16. The summed E-state index contributed by atoms with van der Waals surface area (Å²) in [6, 6.07) is 9.93. The predicted octanol–water partition coefficient (Wildman–Crippen LogP) is 4.69. The molecule has 3 atom stereocenters. The minimum absolute atomic E-state index is 0.0544. The van der Waals surface area contributed by atoms with Gasteiger partial charge in [0, 0.05) is 18.3 Å². The normalized spacial score (nSPS) is 21.2. The van der Waals surface area contributed by atoms with Crippen molar-refractivity contribution >= 4 is 5.91 Å². The molecule has 3 aliphatic rings. The second kappa shape index (κ2) is 12.7. The molecule has 0 spiro atoms. The number of allylic oxidation sites excluding steroid dienone is 2. The van der Waals surface area contributed by atoms with Crippen LogP contribution in [0.3, 0.4) is 0 Å². The lowest BCUT2D eigenvalue weighted by Gasteiger charge is -2.30. The van der Waals surface area contributed by atoms with Gasteiger partial charge in [-0.05, 0) is 61.8 Å². The number of hydrogen-bond acceptors (Lipinski definition) is 6. The third kappa shape index (κ3) is 6.78. The van der Waals surface area contributed by atoms with E-state index < -0.39 is 0 Å². The third-order valence-electron chi connectivity index (χ3n) is 6.84. The van der Waals surface area contributed by atoms with Gasteiger partial charge in [0.2, 0.25) is 5.91 Å². The highest BCUT2D eigenvalue weighted by atomic mass is 16.5. The monoisotopic (exact) mass is 517 g/mol. The Kier molecular flexibility index (Phi) is 9.13. The molecule has 0 saturated carbocycles. The first-order valence-corrected chi connectivity index (χ1v) is 13.2. The van der Waals surface area contributed by atoms with Crippen LogP contribution in [-0.4, -0.2) is 50.2 Å². The molecule has 0 aromatic heterocycles. The lowest BCUT2D eigenvalue weighted by atomic mass is 9.96. The number of carbonyl (C=O) groups excluding carboxylic acids is 1. The van der Waals surface area contributed by atoms with Gasteiger partial charge in [-0.15, -0.1) is 0 Å². The lowest BCUT2D eigenvalue weighted by molar-refractivity contribution is -0.127. The van der Waals surface area contributed by atoms with E-state index in [1.165, 1.54) is 5.56 Å². The number of amides is 1. The fourth-order valence-electron chi connectivity index (χ4n) is 4.84. The lowest BCUT2D eigenvalue weighted by Crippen LogP contribution is -2.48. The number of likely N-dealkylation sites (N-methyl/N-ethyl adjacent to an activating group) is 1. The summed E-state index contributed by atoms with van der Waals surface area (Å²) >= 11 is 0. The third-order valence-corrected chi connectivity index (χ3v) is 6.84. The van der Waals surface area contributed by atoms with Crippen molar-refractivity contribution in [3.63, 3.8) is 0 Å². The molecule has 2 N–H and O–H groups in total. The van der Waals surface area contributed by atoms with E-state index in [1.54, 1.807) is 14.2 Å². The van der Waals surface area contributed by atoms with Gasteiger partial charge in [0.1, 0.15) is 11.5 Å². The largest absolute Gasteiger partial charge is 0.493 e. The molecule has 2 aliphatic carbocycles. The van der Waals surface area contributed by atoms with Crippen molar-refractivity contribution in [1.82, 2.24) is 15.5 Å². The zero-order chi connectivity index (χ0) is 27.1. The van der Waals surface area contributed by atoms with Crippen molar-refractivity contribution < 1.29 is 19.0 Å². The highest BCUT2D eigenvalue weighted by Crippen LogP contribution is 2.30. The summed E-state index contributed by atoms with van der Waals surface area (Å²) in [6.45, 7) is 5.04. The Labute approximate surface area is 226 Å². The Bertz CT molecular complexity index is 1180. The molecular formula is C31H39N3O4. The molecule has 0 bridgehead atoms. The van der Waals surface area contributed by atoms with Crippen LogP contribution in [0.1, 0.15) is 32.3 Å². The number of nitrogens with one attached hydrogen (secondary N) is 2. The van der Waals surface area contributed by atoms with E-state index in [9.17, 15) is 4.79 Å². The van der Waals surface area contributed by atoms with Crippen molar-refractivity contribution in [2.75, 3.05) is 21.3 Å². The number of dihydropyridines is 1. The van der Waals surface area contributed by atoms with Gasteiger partial charge in [0.15, 0.2) is 11.5 Å². The van der Waals surface area contributed by atoms with E-state index in [-0.39, 0.29) is 24.0 Å². The minimum Gasteiger partial charge on any atom is -0.493 e. The molecule has 202 valence electrons. The Morgan fingerprint density at radius 1 is 1.13 bits per heavy atom. The van der Waals surface area contributed by atoms with Crippen molar-refractivity contribution in [3.8, 4) is 0 Å². The summed E-state index contributed by atoms with van der Waals surface area (Å²) in [5, 5.41) is 6.54. The van der Waals surface area contributed by atoms with E-state index >= 15 is 0 Å². The maximum Gasteiger partial charge on any atom is 0.237 e. The second-order valence-electron chi connectivity index (χ2n) is 10.2. The molecule has 0 fully saturated rings.